The van der Waals surface area contributed by atoms with Crippen LogP contribution in [0.1, 0.15) is 21.8 Å². The molecular formula is C24H21N3O4S2. The first kappa shape index (κ1) is 21.5. The minimum atomic E-state index is -0.811. The topological polar surface area (TPSA) is 84.7 Å². The van der Waals surface area contributed by atoms with Crippen LogP contribution in [0.15, 0.2) is 62.7 Å². The molecule has 0 fully saturated rings. The van der Waals surface area contributed by atoms with Gasteiger partial charge in [-0.05, 0) is 25.1 Å². The van der Waals surface area contributed by atoms with Gasteiger partial charge in [-0.25, -0.2) is 4.98 Å². The highest BCUT2D eigenvalue weighted by atomic mass is 32.2. The number of hydrogen-bond acceptors (Lipinski definition) is 7. The lowest BCUT2D eigenvalue weighted by atomic mass is 10.1. The Balaban J connectivity index is 1.54. The van der Waals surface area contributed by atoms with Crippen LogP contribution in [-0.4, -0.2) is 36.5 Å². The molecule has 1 N–H and O–H groups in total. The molecule has 0 spiro atoms. The van der Waals surface area contributed by atoms with E-state index in [9.17, 15) is 9.59 Å². The Hall–Kier alpha value is -3.30. The predicted molar refractivity (Wildman–Crippen MR) is 129 cm³/mol. The Morgan fingerprint density at radius 2 is 2.00 bits per heavy atom. The molecule has 1 atom stereocenters. The number of aryl methyl sites for hydroxylation is 1. The third-order valence-electron chi connectivity index (χ3n) is 5.39. The average Bonchev–Trinajstić information content (AvgIpc) is 3.44. The van der Waals surface area contributed by atoms with Gasteiger partial charge in [-0.1, -0.05) is 42.1 Å². The number of hydrogen-bond donors (Lipinski definition) is 1. The number of thiazole rings is 1. The Morgan fingerprint density at radius 1 is 1.21 bits per heavy atom. The number of carbonyl (C=O) groups excluding carboxylic acids is 2. The van der Waals surface area contributed by atoms with E-state index in [4.69, 9.17) is 9.15 Å². The van der Waals surface area contributed by atoms with Crippen LogP contribution in [0.25, 0.3) is 11.0 Å². The fraction of sp³-hybridized carbons (Fsp3) is 0.208. The maximum absolute atomic E-state index is 13.8. The van der Waals surface area contributed by atoms with E-state index < -0.39 is 6.10 Å². The van der Waals surface area contributed by atoms with Gasteiger partial charge in [0.25, 0.3) is 11.8 Å². The molecule has 0 unspecified atom stereocenters. The summed E-state index contributed by atoms with van der Waals surface area (Å²) in [6.45, 7) is 2.05. The Labute approximate surface area is 198 Å². The normalized spacial score (nSPS) is 15.2. The number of nitrogens with one attached hydrogen (secondary N) is 1. The molecule has 168 valence electrons. The summed E-state index contributed by atoms with van der Waals surface area (Å²) < 4.78 is 12.9. The molecule has 9 heteroatoms. The minimum Gasteiger partial charge on any atom is -0.477 e. The lowest BCUT2D eigenvalue weighted by molar-refractivity contribution is -0.127. The van der Waals surface area contributed by atoms with Crippen molar-refractivity contribution in [1.29, 1.82) is 0 Å². The van der Waals surface area contributed by atoms with Crippen LogP contribution in [-0.2, 0) is 10.5 Å². The number of likely N-dealkylation sites (N-methyl/N-ethyl adjacent to an activating group) is 1. The summed E-state index contributed by atoms with van der Waals surface area (Å²) in [5, 5.41) is 5.50. The van der Waals surface area contributed by atoms with Crippen molar-refractivity contribution in [3.8, 4) is 5.75 Å². The summed E-state index contributed by atoms with van der Waals surface area (Å²) in [6.07, 6.45) is -0.811. The molecule has 0 aliphatic carbocycles. The van der Waals surface area contributed by atoms with E-state index in [-0.39, 0.29) is 24.1 Å². The standard InChI is InChI=1S/C24H21N3O4S2/c1-14-12-32-24(26-14)33-13-16-15-7-3-5-9-18(15)31-21(16)23(29)27-11-20(22(28)25-2)30-19-10-6-4-8-17(19)27/h3-10,12,20H,11,13H2,1-2H3,(H,25,28)/t20-/m0/s1. The van der Waals surface area contributed by atoms with Gasteiger partial charge in [0.1, 0.15) is 15.7 Å². The maximum Gasteiger partial charge on any atom is 0.294 e. The van der Waals surface area contributed by atoms with Crippen LogP contribution in [0, 0.1) is 6.92 Å². The second-order valence-electron chi connectivity index (χ2n) is 7.55. The maximum atomic E-state index is 13.8. The molecule has 2 aromatic heterocycles. The van der Waals surface area contributed by atoms with Gasteiger partial charge >= 0.3 is 0 Å². The molecule has 0 saturated carbocycles. The van der Waals surface area contributed by atoms with Crippen molar-refractivity contribution in [2.75, 3.05) is 18.5 Å². The smallest absolute Gasteiger partial charge is 0.294 e. The van der Waals surface area contributed by atoms with Crippen LogP contribution in [0.3, 0.4) is 0 Å². The Kier molecular flexibility index (Phi) is 5.82. The van der Waals surface area contributed by atoms with Crippen LogP contribution in [0.5, 0.6) is 5.75 Å². The summed E-state index contributed by atoms with van der Waals surface area (Å²) in [7, 11) is 1.55. The third-order valence-corrected chi connectivity index (χ3v) is 7.55. The highest BCUT2D eigenvalue weighted by Gasteiger charge is 2.36. The molecule has 1 aliphatic rings. The molecule has 5 rings (SSSR count). The zero-order valence-corrected chi connectivity index (χ0v) is 19.7. The van der Waals surface area contributed by atoms with Gasteiger partial charge in [-0.2, -0.15) is 0 Å². The van der Waals surface area contributed by atoms with Gasteiger partial charge in [0, 0.05) is 34.8 Å². The molecule has 1 aliphatic heterocycles. The molecule has 0 saturated heterocycles. The lowest BCUT2D eigenvalue weighted by Gasteiger charge is -2.33. The van der Waals surface area contributed by atoms with Crippen molar-refractivity contribution in [3.05, 3.63) is 70.9 Å². The second-order valence-corrected chi connectivity index (χ2v) is 9.63. The highest BCUT2D eigenvalue weighted by molar-refractivity contribution is 8.00. The quantitative estimate of drug-likeness (QED) is 0.420. The van der Waals surface area contributed by atoms with Crippen LogP contribution >= 0.6 is 23.1 Å². The summed E-state index contributed by atoms with van der Waals surface area (Å²) in [4.78, 5) is 32.3. The number of rotatable bonds is 5. The van der Waals surface area contributed by atoms with Gasteiger partial charge < -0.3 is 14.5 Å². The predicted octanol–water partition coefficient (Wildman–Crippen LogP) is 4.64. The summed E-state index contributed by atoms with van der Waals surface area (Å²) in [5.74, 6) is 0.694. The molecule has 4 aromatic rings. The molecule has 2 aromatic carbocycles. The number of nitrogens with zero attached hydrogens (tertiary/aromatic N) is 2. The number of ether oxygens (including phenoxy) is 1. The highest BCUT2D eigenvalue weighted by Crippen LogP contribution is 2.38. The number of anilines is 1. The van der Waals surface area contributed by atoms with E-state index >= 15 is 0 Å². The van der Waals surface area contributed by atoms with E-state index in [0.717, 1.165) is 21.0 Å². The molecule has 3 heterocycles. The lowest BCUT2D eigenvalue weighted by Crippen LogP contribution is -2.50. The fourth-order valence-corrected chi connectivity index (χ4v) is 5.67. The van der Waals surface area contributed by atoms with E-state index in [1.54, 1.807) is 41.1 Å². The van der Waals surface area contributed by atoms with E-state index in [1.807, 2.05) is 54.8 Å². The second kappa shape index (κ2) is 8.92. The zero-order chi connectivity index (χ0) is 22.9. The first-order valence-electron chi connectivity index (χ1n) is 10.4. The van der Waals surface area contributed by atoms with Crippen molar-refractivity contribution in [2.24, 2.45) is 0 Å². The molecule has 33 heavy (non-hydrogen) atoms. The molecular weight excluding hydrogens is 458 g/mol. The molecule has 7 nitrogen and oxygen atoms in total. The number of aromatic nitrogens is 1. The SMILES string of the molecule is CNC(=O)[C@@H]1CN(C(=O)c2oc3ccccc3c2CSc2nc(C)cs2)c2ccccc2O1. The number of furan rings is 1. The summed E-state index contributed by atoms with van der Waals surface area (Å²) in [5.41, 5.74) is 3.04. The average molecular weight is 480 g/mol. The number of benzene rings is 2. The van der Waals surface area contributed by atoms with Crippen molar-refractivity contribution in [1.82, 2.24) is 10.3 Å². The van der Waals surface area contributed by atoms with Gasteiger partial charge in [-0.15, -0.1) is 11.3 Å². The molecule has 0 bridgehead atoms. The van der Waals surface area contributed by atoms with Crippen LogP contribution in [0.2, 0.25) is 0 Å². The minimum absolute atomic E-state index is 0.0881. The molecule has 0 radical (unpaired) electrons. The monoisotopic (exact) mass is 479 g/mol. The third kappa shape index (κ3) is 4.09. The van der Waals surface area contributed by atoms with Gasteiger partial charge in [-0.3, -0.25) is 14.5 Å². The number of thioether (sulfide) groups is 1. The van der Waals surface area contributed by atoms with Crippen molar-refractivity contribution in [3.63, 3.8) is 0 Å². The number of fused-ring (bicyclic) bond motifs is 2. The first-order chi connectivity index (χ1) is 16.0. The van der Waals surface area contributed by atoms with E-state index in [1.165, 1.54) is 0 Å². The van der Waals surface area contributed by atoms with Crippen LogP contribution in [0.4, 0.5) is 5.69 Å². The van der Waals surface area contributed by atoms with Gasteiger partial charge in [0.05, 0.1) is 12.2 Å². The number of amides is 2. The van der Waals surface area contributed by atoms with Crippen LogP contribution < -0.4 is 15.0 Å². The largest absolute Gasteiger partial charge is 0.477 e. The number of carbonyl (C=O) groups is 2. The summed E-state index contributed by atoms with van der Waals surface area (Å²) >= 11 is 3.16. The Bertz CT molecular complexity index is 1350. The fourth-order valence-electron chi connectivity index (χ4n) is 3.79. The summed E-state index contributed by atoms with van der Waals surface area (Å²) in [6, 6.07) is 14.8. The molecule has 2 amide bonds. The van der Waals surface area contributed by atoms with Crippen molar-refractivity contribution in [2.45, 2.75) is 23.1 Å². The van der Waals surface area contributed by atoms with Gasteiger partial charge in [0.2, 0.25) is 0 Å². The number of para-hydroxylation sites is 3. The van der Waals surface area contributed by atoms with E-state index in [0.29, 0.717) is 22.8 Å². The van der Waals surface area contributed by atoms with E-state index in [2.05, 4.69) is 10.3 Å². The van der Waals surface area contributed by atoms with Crippen molar-refractivity contribution < 1.29 is 18.7 Å². The van der Waals surface area contributed by atoms with Crippen molar-refractivity contribution >= 4 is 51.6 Å². The Morgan fingerprint density at radius 3 is 2.79 bits per heavy atom. The zero-order valence-electron chi connectivity index (χ0n) is 18.0. The van der Waals surface area contributed by atoms with Gasteiger partial charge in [0.15, 0.2) is 11.9 Å². The first-order valence-corrected chi connectivity index (χ1v) is 12.3.